The fraction of sp³-hybridized carbons (Fsp3) is 0.136. The number of nitrogens with one attached hydrogen (secondary N) is 2. The average Bonchev–Trinajstić information content (AvgIpc) is 2.74. The zero-order valence-electron chi connectivity index (χ0n) is 15.1. The first-order chi connectivity index (χ1) is 13.7. The first-order valence-corrected chi connectivity index (χ1v) is 9.12. The summed E-state index contributed by atoms with van der Waals surface area (Å²) >= 11 is 0. The number of rotatable bonds is 4. The second kappa shape index (κ2) is 7.92. The summed E-state index contributed by atoms with van der Waals surface area (Å²) < 4.78 is 5.47. The van der Waals surface area contributed by atoms with Crippen LogP contribution in [0.5, 0.6) is 0 Å². The zero-order chi connectivity index (χ0) is 19.3. The van der Waals surface area contributed by atoms with E-state index in [1.165, 1.54) is 0 Å². The van der Waals surface area contributed by atoms with Crippen LogP contribution in [-0.4, -0.2) is 11.6 Å². The van der Waals surface area contributed by atoms with Crippen LogP contribution in [0.3, 0.4) is 0 Å². The molecule has 6 heteroatoms. The molecule has 2 aromatic carbocycles. The third-order valence-corrected chi connectivity index (χ3v) is 4.53. The Morgan fingerprint density at radius 2 is 1.68 bits per heavy atom. The van der Waals surface area contributed by atoms with Gasteiger partial charge in [-0.2, -0.15) is 5.10 Å². The van der Waals surface area contributed by atoms with Crippen molar-refractivity contribution in [3.8, 4) is 0 Å². The molecule has 0 spiro atoms. The molecule has 1 aliphatic carbocycles. The van der Waals surface area contributed by atoms with Crippen LogP contribution < -0.4 is 16.4 Å². The van der Waals surface area contributed by atoms with Crippen molar-refractivity contribution in [2.24, 2.45) is 5.10 Å². The number of para-hydroxylation sites is 1. The van der Waals surface area contributed by atoms with Gasteiger partial charge in [-0.3, -0.25) is 10.2 Å². The van der Waals surface area contributed by atoms with Gasteiger partial charge in [-0.1, -0.05) is 36.4 Å². The number of carbonyl (C=O) groups is 1. The van der Waals surface area contributed by atoms with Crippen LogP contribution in [-0.2, 0) is 6.42 Å². The molecular formula is C22H19N3O3. The Hall–Kier alpha value is -3.67. The molecule has 1 heterocycles. The van der Waals surface area contributed by atoms with Gasteiger partial charge in [-0.05, 0) is 43.2 Å². The summed E-state index contributed by atoms with van der Waals surface area (Å²) in [6.45, 7) is 0. The van der Waals surface area contributed by atoms with Gasteiger partial charge < -0.3 is 9.73 Å². The molecule has 4 rings (SSSR count). The Balaban J connectivity index is 1.62. The molecule has 3 aromatic rings. The van der Waals surface area contributed by atoms with Crippen molar-refractivity contribution in [1.82, 2.24) is 0 Å². The first-order valence-electron chi connectivity index (χ1n) is 9.12. The Kier molecular flexibility index (Phi) is 5.01. The number of hydrazone groups is 1. The van der Waals surface area contributed by atoms with Gasteiger partial charge in [0.05, 0.1) is 11.4 Å². The highest BCUT2D eigenvalue weighted by atomic mass is 16.4. The van der Waals surface area contributed by atoms with Gasteiger partial charge in [0.2, 0.25) is 0 Å². The number of fused-ring (bicyclic) bond motifs is 1. The number of carbonyl (C=O) groups excluding carboxylic acids is 1. The minimum Gasteiger partial charge on any atom is -0.426 e. The second-order valence-corrected chi connectivity index (χ2v) is 6.49. The average molecular weight is 373 g/mol. The summed E-state index contributed by atoms with van der Waals surface area (Å²) in [5.41, 5.74) is 5.48. The quantitative estimate of drug-likeness (QED) is 0.676. The molecule has 140 valence electrons. The molecule has 0 unspecified atom stereocenters. The number of hydrogen-bond donors (Lipinski definition) is 2. The van der Waals surface area contributed by atoms with Crippen molar-refractivity contribution < 1.29 is 9.21 Å². The van der Waals surface area contributed by atoms with Gasteiger partial charge in [0.25, 0.3) is 5.91 Å². The van der Waals surface area contributed by atoms with Gasteiger partial charge in [-0.25, -0.2) is 4.79 Å². The van der Waals surface area contributed by atoms with E-state index in [1.54, 1.807) is 30.3 Å². The van der Waals surface area contributed by atoms with E-state index in [2.05, 4.69) is 15.8 Å². The molecule has 1 aliphatic rings. The Morgan fingerprint density at radius 3 is 2.43 bits per heavy atom. The lowest BCUT2D eigenvalue weighted by Crippen LogP contribution is -2.22. The summed E-state index contributed by atoms with van der Waals surface area (Å²) in [4.78, 5) is 24.7. The topological polar surface area (TPSA) is 83.7 Å². The van der Waals surface area contributed by atoms with Gasteiger partial charge in [0.1, 0.15) is 11.4 Å². The Labute approximate surface area is 161 Å². The third-order valence-electron chi connectivity index (χ3n) is 4.53. The van der Waals surface area contributed by atoms with E-state index in [0.717, 1.165) is 29.8 Å². The number of hydrogen-bond acceptors (Lipinski definition) is 5. The molecule has 28 heavy (non-hydrogen) atoms. The zero-order valence-corrected chi connectivity index (χ0v) is 15.1. The minimum absolute atomic E-state index is 0.113. The lowest BCUT2D eigenvalue weighted by molar-refractivity contribution is 0.102. The van der Waals surface area contributed by atoms with Crippen molar-refractivity contribution in [3.05, 3.63) is 94.0 Å². The largest absolute Gasteiger partial charge is 0.426 e. The lowest BCUT2D eigenvalue weighted by atomic mass is 9.95. The van der Waals surface area contributed by atoms with Crippen molar-refractivity contribution in [2.75, 3.05) is 10.7 Å². The number of benzene rings is 2. The van der Waals surface area contributed by atoms with Crippen LogP contribution >= 0.6 is 0 Å². The predicted octanol–water partition coefficient (Wildman–Crippen LogP) is 4.04. The normalized spacial score (nSPS) is 14.4. The van der Waals surface area contributed by atoms with Gasteiger partial charge >= 0.3 is 5.63 Å². The molecule has 0 aliphatic heterocycles. The van der Waals surface area contributed by atoms with E-state index in [4.69, 9.17) is 4.42 Å². The van der Waals surface area contributed by atoms with Gasteiger partial charge in [-0.15, -0.1) is 0 Å². The molecule has 0 fully saturated rings. The molecule has 1 aromatic heterocycles. The predicted molar refractivity (Wildman–Crippen MR) is 109 cm³/mol. The molecule has 1 amide bonds. The van der Waals surface area contributed by atoms with Crippen LogP contribution in [0.2, 0.25) is 0 Å². The maximum atomic E-state index is 12.4. The lowest BCUT2D eigenvalue weighted by Gasteiger charge is -2.17. The molecule has 0 atom stereocenters. The summed E-state index contributed by atoms with van der Waals surface area (Å²) in [6.07, 6.45) is 2.27. The van der Waals surface area contributed by atoms with E-state index in [9.17, 15) is 9.59 Å². The molecular weight excluding hydrogens is 354 g/mol. The maximum Gasteiger partial charge on any atom is 0.359 e. The molecule has 6 nitrogen and oxygen atoms in total. The number of amides is 1. The van der Waals surface area contributed by atoms with Crippen LogP contribution in [0.1, 0.15) is 34.5 Å². The Bertz CT molecular complexity index is 1070. The highest BCUT2D eigenvalue weighted by Gasteiger charge is 2.21. The van der Waals surface area contributed by atoms with E-state index in [1.807, 2.05) is 36.4 Å². The summed E-state index contributed by atoms with van der Waals surface area (Å²) in [6, 6.07) is 20.0. The number of aryl methyl sites for hydroxylation is 1. The number of nitrogens with zero attached hydrogens (tertiary/aromatic N) is 1. The highest BCUT2D eigenvalue weighted by Crippen LogP contribution is 2.23. The van der Waals surface area contributed by atoms with Gasteiger partial charge in [0, 0.05) is 17.5 Å². The molecule has 2 N–H and O–H groups in total. The smallest absolute Gasteiger partial charge is 0.359 e. The van der Waals surface area contributed by atoms with E-state index in [0.29, 0.717) is 17.7 Å². The van der Waals surface area contributed by atoms with E-state index < -0.39 is 5.63 Å². The van der Waals surface area contributed by atoms with Crippen molar-refractivity contribution in [2.45, 2.75) is 19.3 Å². The standard InChI is InChI=1S/C22H19N3O3/c26-21(15-8-3-1-4-9-15)23-19-14-17-18(12-7-13-20(17)28-22(19)27)25-24-16-10-5-2-6-11-16/h1-6,8-11,14,24H,7,12-13H2,(H,23,26)/b25-18+. The second-order valence-electron chi connectivity index (χ2n) is 6.49. The van der Waals surface area contributed by atoms with Gasteiger partial charge in [0.15, 0.2) is 0 Å². The molecule has 0 saturated heterocycles. The fourth-order valence-corrected chi connectivity index (χ4v) is 3.12. The van der Waals surface area contributed by atoms with Crippen molar-refractivity contribution >= 4 is 23.0 Å². The number of anilines is 2. The Morgan fingerprint density at radius 1 is 0.964 bits per heavy atom. The van der Waals surface area contributed by atoms with Crippen molar-refractivity contribution in [3.63, 3.8) is 0 Å². The third kappa shape index (κ3) is 3.86. The van der Waals surface area contributed by atoms with Crippen LogP contribution in [0.25, 0.3) is 0 Å². The van der Waals surface area contributed by atoms with Crippen LogP contribution in [0.4, 0.5) is 11.4 Å². The molecule has 0 saturated carbocycles. The summed E-state index contributed by atoms with van der Waals surface area (Å²) in [7, 11) is 0. The van der Waals surface area contributed by atoms with E-state index >= 15 is 0 Å². The minimum atomic E-state index is -0.555. The summed E-state index contributed by atoms with van der Waals surface area (Å²) in [5.74, 6) is 0.243. The monoisotopic (exact) mass is 373 g/mol. The summed E-state index contributed by atoms with van der Waals surface area (Å²) in [5, 5.41) is 7.15. The fourth-order valence-electron chi connectivity index (χ4n) is 3.12. The molecule has 0 bridgehead atoms. The maximum absolute atomic E-state index is 12.4. The van der Waals surface area contributed by atoms with Crippen molar-refractivity contribution in [1.29, 1.82) is 0 Å². The SMILES string of the molecule is O=C(Nc1cc2c(oc1=O)CCC/C2=N\Nc1ccccc1)c1ccccc1. The highest BCUT2D eigenvalue weighted by molar-refractivity contribution is 6.06. The van der Waals surface area contributed by atoms with E-state index in [-0.39, 0.29) is 11.6 Å². The first kappa shape index (κ1) is 17.7. The van der Waals surface area contributed by atoms with Crippen LogP contribution in [0.15, 0.2) is 81.0 Å². The van der Waals surface area contributed by atoms with Crippen LogP contribution in [0, 0.1) is 0 Å². The molecule has 0 radical (unpaired) electrons.